The van der Waals surface area contributed by atoms with Crippen molar-refractivity contribution in [1.82, 2.24) is 15.6 Å². The number of amides is 1. The van der Waals surface area contributed by atoms with Crippen molar-refractivity contribution in [3.63, 3.8) is 0 Å². The number of rotatable bonds is 9. The average molecular weight is 461 g/mol. The smallest absolute Gasteiger partial charge is 0.250 e. The van der Waals surface area contributed by atoms with E-state index in [1.54, 1.807) is 30.0 Å². The number of aryl methyl sites for hydroxylation is 1. The lowest BCUT2D eigenvalue weighted by Gasteiger charge is -2.04. The van der Waals surface area contributed by atoms with E-state index in [0.29, 0.717) is 11.3 Å². The van der Waals surface area contributed by atoms with Crippen LogP contribution >= 0.6 is 34.9 Å². The summed E-state index contributed by atoms with van der Waals surface area (Å²) in [5, 5.41) is 22.1. The SMILES string of the molecule is COc1cccc(/C=N/NC(=O)CSc2nnc(SCc3ccc(C)cc3)s2)c1O. The van der Waals surface area contributed by atoms with Gasteiger partial charge in [-0.3, -0.25) is 4.79 Å². The number of hydrogen-bond donors (Lipinski definition) is 2. The molecular formula is C20H20N4O3S3. The maximum absolute atomic E-state index is 12.0. The van der Waals surface area contributed by atoms with Gasteiger partial charge in [-0.15, -0.1) is 10.2 Å². The summed E-state index contributed by atoms with van der Waals surface area (Å²) in [7, 11) is 1.47. The topological polar surface area (TPSA) is 96.7 Å². The summed E-state index contributed by atoms with van der Waals surface area (Å²) in [6.45, 7) is 2.06. The molecule has 0 bridgehead atoms. The van der Waals surface area contributed by atoms with Crippen molar-refractivity contribution in [3.05, 3.63) is 59.2 Å². The summed E-state index contributed by atoms with van der Waals surface area (Å²) in [5.41, 5.74) is 5.35. The molecule has 0 aliphatic carbocycles. The predicted molar refractivity (Wildman–Crippen MR) is 122 cm³/mol. The zero-order valence-electron chi connectivity index (χ0n) is 16.4. The molecule has 7 nitrogen and oxygen atoms in total. The molecule has 3 rings (SSSR count). The highest BCUT2D eigenvalue weighted by molar-refractivity contribution is 8.03. The van der Waals surface area contributed by atoms with Crippen molar-refractivity contribution < 1.29 is 14.6 Å². The van der Waals surface area contributed by atoms with Crippen molar-refractivity contribution >= 4 is 47.0 Å². The zero-order chi connectivity index (χ0) is 21.3. The summed E-state index contributed by atoms with van der Waals surface area (Å²) >= 11 is 4.39. The van der Waals surface area contributed by atoms with Gasteiger partial charge in [0.15, 0.2) is 20.2 Å². The summed E-state index contributed by atoms with van der Waals surface area (Å²) in [6, 6.07) is 13.4. The standard InChI is InChI=1S/C20H20N4O3S3/c1-13-6-8-14(9-7-13)11-28-19-23-24-20(30-19)29-12-17(25)22-21-10-15-4-3-5-16(27-2)18(15)26/h3-10,26H,11-12H2,1-2H3,(H,22,25)/b21-10+. The number of methoxy groups -OCH3 is 1. The van der Waals surface area contributed by atoms with Crippen molar-refractivity contribution in [2.45, 2.75) is 21.4 Å². The second-order valence-corrected chi connectivity index (χ2v) is 9.51. The van der Waals surface area contributed by atoms with E-state index in [1.807, 2.05) is 0 Å². The number of benzene rings is 2. The van der Waals surface area contributed by atoms with Crippen LogP contribution in [0.15, 0.2) is 56.2 Å². The Morgan fingerprint density at radius 2 is 1.93 bits per heavy atom. The van der Waals surface area contributed by atoms with Gasteiger partial charge in [0.1, 0.15) is 0 Å². The van der Waals surface area contributed by atoms with Gasteiger partial charge >= 0.3 is 0 Å². The number of phenolic OH excluding ortho intramolecular Hbond substituents is 1. The second-order valence-electron chi connectivity index (χ2n) is 6.09. The minimum Gasteiger partial charge on any atom is -0.504 e. The fourth-order valence-corrected chi connectivity index (χ4v) is 5.05. The Balaban J connectivity index is 1.43. The van der Waals surface area contributed by atoms with Crippen molar-refractivity contribution in [1.29, 1.82) is 0 Å². The molecule has 3 aromatic rings. The summed E-state index contributed by atoms with van der Waals surface area (Å²) in [6.07, 6.45) is 1.37. The molecule has 0 saturated heterocycles. The molecule has 0 fully saturated rings. The van der Waals surface area contributed by atoms with E-state index in [2.05, 4.69) is 51.9 Å². The van der Waals surface area contributed by atoms with Gasteiger partial charge < -0.3 is 9.84 Å². The Morgan fingerprint density at radius 3 is 2.67 bits per heavy atom. The van der Waals surface area contributed by atoms with Gasteiger partial charge in [0.2, 0.25) is 0 Å². The van der Waals surface area contributed by atoms with Gasteiger partial charge in [-0.05, 0) is 24.6 Å². The normalized spacial score (nSPS) is 11.0. The molecule has 1 heterocycles. The van der Waals surface area contributed by atoms with E-state index in [4.69, 9.17) is 4.74 Å². The fourth-order valence-electron chi connectivity index (χ4n) is 2.28. The van der Waals surface area contributed by atoms with Crippen molar-refractivity contribution in [2.75, 3.05) is 12.9 Å². The maximum atomic E-state index is 12.0. The number of aromatic hydroxyl groups is 1. The first kappa shape index (κ1) is 22.1. The lowest BCUT2D eigenvalue weighted by Crippen LogP contribution is -2.19. The van der Waals surface area contributed by atoms with E-state index < -0.39 is 0 Å². The van der Waals surface area contributed by atoms with Gasteiger partial charge in [-0.2, -0.15) is 5.10 Å². The molecule has 0 saturated carbocycles. The van der Waals surface area contributed by atoms with Gasteiger partial charge in [-0.25, -0.2) is 5.43 Å². The Morgan fingerprint density at radius 1 is 1.20 bits per heavy atom. The molecule has 0 spiro atoms. The summed E-state index contributed by atoms with van der Waals surface area (Å²) in [5.74, 6) is 1.03. The van der Waals surface area contributed by atoms with Gasteiger partial charge in [0, 0.05) is 11.3 Å². The largest absolute Gasteiger partial charge is 0.504 e. The number of hydrogen-bond acceptors (Lipinski definition) is 9. The quantitative estimate of drug-likeness (QED) is 0.282. The van der Waals surface area contributed by atoms with Crippen LogP contribution in [0.4, 0.5) is 0 Å². The zero-order valence-corrected chi connectivity index (χ0v) is 18.8. The number of nitrogens with one attached hydrogen (secondary N) is 1. The second kappa shape index (κ2) is 11.0. The molecule has 0 atom stereocenters. The van der Waals surface area contributed by atoms with E-state index in [0.717, 1.165) is 14.4 Å². The fraction of sp³-hybridized carbons (Fsp3) is 0.200. The lowest BCUT2D eigenvalue weighted by molar-refractivity contribution is -0.118. The van der Waals surface area contributed by atoms with Crippen LogP contribution < -0.4 is 10.2 Å². The highest BCUT2D eigenvalue weighted by atomic mass is 32.2. The Hall–Kier alpha value is -2.56. The number of ether oxygens (including phenoxy) is 1. The van der Waals surface area contributed by atoms with Crippen LogP contribution in [0.25, 0.3) is 0 Å². The molecule has 10 heteroatoms. The number of aromatic nitrogens is 2. The summed E-state index contributed by atoms with van der Waals surface area (Å²) in [4.78, 5) is 12.0. The third kappa shape index (κ3) is 6.48. The van der Waals surface area contributed by atoms with Crippen LogP contribution in [0.5, 0.6) is 11.5 Å². The average Bonchev–Trinajstić information content (AvgIpc) is 3.21. The number of para-hydroxylation sites is 1. The molecule has 0 unspecified atom stereocenters. The number of thioether (sulfide) groups is 2. The van der Waals surface area contributed by atoms with Crippen LogP contribution in [0.2, 0.25) is 0 Å². The van der Waals surface area contributed by atoms with Crippen LogP contribution in [-0.4, -0.2) is 40.3 Å². The molecule has 30 heavy (non-hydrogen) atoms. The van der Waals surface area contributed by atoms with E-state index >= 15 is 0 Å². The van der Waals surface area contributed by atoms with Gasteiger partial charge in [0.25, 0.3) is 5.91 Å². The Kier molecular flexibility index (Phi) is 8.12. The third-order valence-electron chi connectivity index (χ3n) is 3.84. The highest BCUT2D eigenvalue weighted by Gasteiger charge is 2.09. The van der Waals surface area contributed by atoms with Crippen molar-refractivity contribution in [3.8, 4) is 11.5 Å². The third-order valence-corrected chi connectivity index (χ3v) is 7.10. The first-order valence-corrected chi connectivity index (χ1v) is 11.7. The molecule has 1 aromatic heterocycles. The van der Waals surface area contributed by atoms with Crippen LogP contribution in [0.1, 0.15) is 16.7 Å². The van der Waals surface area contributed by atoms with E-state index in [1.165, 1.54) is 47.5 Å². The Labute approximate surface area is 187 Å². The maximum Gasteiger partial charge on any atom is 0.250 e. The Bertz CT molecular complexity index is 1020. The van der Waals surface area contributed by atoms with Gasteiger partial charge in [-0.1, -0.05) is 70.8 Å². The van der Waals surface area contributed by atoms with Crippen LogP contribution in [0, 0.1) is 6.92 Å². The van der Waals surface area contributed by atoms with E-state index in [9.17, 15) is 9.90 Å². The first-order chi connectivity index (χ1) is 14.5. The van der Waals surface area contributed by atoms with Gasteiger partial charge in [0.05, 0.1) is 19.1 Å². The molecule has 0 aliphatic rings. The molecule has 2 aromatic carbocycles. The lowest BCUT2D eigenvalue weighted by atomic mass is 10.2. The number of carbonyl (C=O) groups excluding carboxylic acids is 1. The molecule has 156 valence electrons. The molecular weight excluding hydrogens is 440 g/mol. The van der Waals surface area contributed by atoms with Crippen LogP contribution in [0.3, 0.4) is 0 Å². The number of nitrogens with zero attached hydrogens (tertiary/aromatic N) is 3. The first-order valence-electron chi connectivity index (χ1n) is 8.87. The minimum absolute atomic E-state index is 0.0306. The molecule has 0 radical (unpaired) electrons. The number of hydrazone groups is 1. The summed E-state index contributed by atoms with van der Waals surface area (Å²) < 4.78 is 6.63. The molecule has 0 aliphatic heterocycles. The van der Waals surface area contributed by atoms with Crippen LogP contribution in [-0.2, 0) is 10.5 Å². The predicted octanol–water partition coefficient (Wildman–Crippen LogP) is 4.10. The minimum atomic E-state index is -0.275. The number of phenols is 1. The molecule has 2 N–H and O–H groups in total. The van der Waals surface area contributed by atoms with E-state index in [-0.39, 0.29) is 17.4 Å². The highest BCUT2D eigenvalue weighted by Crippen LogP contribution is 2.31. The molecule has 1 amide bonds. The number of carbonyl (C=O) groups is 1. The monoisotopic (exact) mass is 460 g/mol. The van der Waals surface area contributed by atoms with Crippen molar-refractivity contribution in [2.24, 2.45) is 5.10 Å².